The monoisotopic (exact) mass is 260 g/mol. The predicted molar refractivity (Wildman–Crippen MR) is 74.5 cm³/mol. The van der Waals surface area contributed by atoms with E-state index in [1.54, 1.807) is 7.11 Å². The minimum atomic E-state index is 0.762. The fourth-order valence-corrected chi connectivity index (χ4v) is 2.68. The molecule has 2 heterocycles. The van der Waals surface area contributed by atoms with Gasteiger partial charge in [0.15, 0.2) is 11.5 Å². The van der Waals surface area contributed by atoms with Gasteiger partial charge in [-0.3, -0.25) is 0 Å². The van der Waals surface area contributed by atoms with Crippen LogP contribution in [0.4, 0.5) is 0 Å². The summed E-state index contributed by atoms with van der Waals surface area (Å²) in [5.41, 5.74) is 1.73. The second-order valence-electron chi connectivity index (χ2n) is 5.19. The number of aromatic nitrogens is 1. The van der Waals surface area contributed by atoms with Gasteiger partial charge in [0.05, 0.1) is 7.11 Å². The summed E-state index contributed by atoms with van der Waals surface area (Å²) in [4.78, 5) is 4.53. The number of nitrogens with one attached hydrogen (secondary N) is 1. The molecule has 4 heteroatoms. The molecule has 1 fully saturated rings. The lowest BCUT2D eigenvalue weighted by Gasteiger charge is -2.21. The fraction of sp³-hybridized carbons (Fsp3) is 0.533. The number of nitrogens with zero attached hydrogens (tertiary/aromatic N) is 1. The van der Waals surface area contributed by atoms with Crippen LogP contribution in [0.15, 0.2) is 22.6 Å². The number of methoxy groups -OCH3 is 1. The van der Waals surface area contributed by atoms with Crippen molar-refractivity contribution in [3.63, 3.8) is 0 Å². The molecule has 2 aromatic rings. The van der Waals surface area contributed by atoms with Gasteiger partial charge >= 0.3 is 0 Å². The van der Waals surface area contributed by atoms with Crippen LogP contribution in [0.2, 0.25) is 0 Å². The number of aryl methyl sites for hydroxylation is 1. The molecule has 0 radical (unpaired) electrons. The third-order valence-electron chi connectivity index (χ3n) is 3.81. The Morgan fingerprint density at radius 2 is 2.42 bits per heavy atom. The Labute approximate surface area is 113 Å². The molecule has 0 spiro atoms. The summed E-state index contributed by atoms with van der Waals surface area (Å²) in [6.45, 7) is 2.30. The van der Waals surface area contributed by atoms with Gasteiger partial charge in [0.1, 0.15) is 11.3 Å². The molecule has 102 valence electrons. The Morgan fingerprint density at radius 3 is 3.21 bits per heavy atom. The molecule has 1 aliphatic rings. The van der Waals surface area contributed by atoms with Crippen molar-refractivity contribution < 1.29 is 9.15 Å². The van der Waals surface area contributed by atoms with Crippen LogP contribution in [0.5, 0.6) is 5.75 Å². The van der Waals surface area contributed by atoms with Crippen molar-refractivity contribution in [2.75, 3.05) is 20.2 Å². The Kier molecular flexibility index (Phi) is 3.69. The third-order valence-corrected chi connectivity index (χ3v) is 3.81. The first-order valence-corrected chi connectivity index (χ1v) is 6.99. The largest absolute Gasteiger partial charge is 0.497 e. The molecule has 3 rings (SSSR count). The van der Waals surface area contributed by atoms with Crippen molar-refractivity contribution >= 4 is 11.1 Å². The molecule has 1 aromatic heterocycles. The van der Waals surface area contributed by atoms with E-state index in [1.807, 2.05) is 18.2 Å². The summed E-state index contributed by atoms with van der Waals surface area (Å²) in [6, 6.07) is 5.76. The molecule has 19 heavy (non-hydrogen) atoms. The molecule has 0 saturated carbocycles. The van der Waals surface area contributed by atoms with E-state index < -0.39 is 0 Å². The summed E-state index contributed by atoms with van der Waals surface area (Å²) in [5, 5.41) is 3.45. The van der Waals surface area contributed by atoms with Crippen molar-refractivity contribution in [3.8, 4) is 5.75 Å². The van der Waals surface area contributed by atoms with Crippen molar-refractivity contribution in [1.82, 2.24) is 10.3 Å². The van der Waals surface area contributed by atoms with Crippen LogP contribution < -0.4 is 10.1 Å². The summed E-state index contributed by atoms with van der Waals surface area (Å²) in [7, 11) is 1.66. The van der Waals surface area contributed by atoms with E-state index >= 15 is 0 Å². The van der Waals surface area contributed by atoms with E-state index in [9.17, 15) is 0 Å². The number of fused-ring (bicyclic) bond motifs is 1. The number of oxazole rings is 1. The van der Waals surface area contributed by atoms with Crippen molar-refractivity contribution in [1.29, 1.82) is 0 Å². The number of rotatable bonds is 4. The molecule has 1 saturated heterocycles. The molecule has 1 unspecified atom stereocenters. The molecule has 1 N–H and O–H groups in total. The maximum absolute atomic E-state index is 5.79. The molecule has 0 amide bonds. The number of ether oxygens (including phenoxy) is 1. The Hall–Kier alpha value is -1.55. The number of benzene rings is 1. The first-order chi connectivity index (χ1) is 9.35. The van der Waals surface area contributed by atoms with Gasteiger partial charge in [-0.05, 0) is 50.4 Å². The van der Waals surface area contributed by atoms with Crippen LogP contribution in [-0.4, -0.2) is 25.2 Å². The van der Waals surface area contributed by atoms with Gasteiger partial charge in [-0.2, -0.15) is 0 Å². The number of hydrogen-bond donors (Lipinski definition) is 1. The average Bonchev–Trinajstić information content (AvgIpc) is 2.88. The third kappa shape index (κ3) is 2.89. The molecule has 4 nitrogen and oxygen atoms in total. The standard InChI is InChI=1S/C15H20N2O2/c1-18-12-5-6-13-14(9-12)19-15(17-13)7-4-11-3-2-8-16-10-11/h5-6,9,11,16H,2-4,7-8,10H2,1H3. The highest BCUT2D eigenvalue weighted by Crippen LogP contribution is 2.23. The lowest BCUT2D eigenvalue weighted by atomic mass is 9.95. The fourth-order valence-electron chi connectivity index (χ4n) is 2.68. The second kappa shape index (κ2) is 5.61. The van der Waals surface area contributed by atoms with Gasteiger partial charge in [0.25, 0.3) is 0 Å². The van der Waals surface area contributed by atoms with E-state index in [-0.39, 0.29) is 0 Å². The van der Waals surface area contributed by atoms with Crippen LogP contribution in [0.1, 0.15) is 25.2 Å². The topological polar surface area (TPSA) is 47.3 Å². The highest BCUT2D eigenvalue weighted by atomic mass is 16.5. The molecule has 0 bridgehead atoms. The van der Waals surface area contributed by atoms with Crippen molar-refractivity contribution in [2.45, 2.75) is 25.7 Å². The lowest BCUT2D eigenvalue weighted by molar-refractivity contribution is 0.347. The highest BCUT2D eigenvalue weighted by Gasteiger charge is 2.14. The SMILES string of the molecule is COc1ccc2nc(CCC3CCCNC3)oc2c1. The Morgan fingerprint density at radius 1 is 1.47 bits per heavy atom. The van der Waals surface area contributed by atoms with Gasteiger partial charge < -0.3 is 14.5 Å². The van der Waals surface area contributed by atoms with Gasteiger partial charge in [0.2, 0.25) is 0 Å². The van der Waals surface area contributed by atoms with E-state index in [2.05, 4.69) is 10.3 Å². The summed E-state index contributed by atoms with van der Waals surface area (Å²) in [5.74, 6) is 2.42. The van der Waals surface area contributed by atoms with E-state index in [0.717, 1.165) is 48.0 Å². The minimum Gasteiger partial charge on any atom is -0.497 e. The quantitative estimate of drug-likeness (QED) is 0.918. The van der Waals surface area contributed by atoms with Crippen LogP contribution in [0.3, 0.4) is 0 Å². The van der Waals surface area contributed by atoms with Crippen LogP contribution in [0.25, 0.3) is 11.1 Å². The highest BCUT2D eigenvalue weighted by molar-refractivity contribution is 5.74. The van der Waals surface area contributed by atoms with Gasteiger partial charge in [-0.25, -0.2) is 4.98 Å². The maximum atomic E-state index is 5.79. The Balaban J connectivity index is 1.67. The average molecular weight is 260 g/mol. The molecular formula is C15H20N2O2. The molecule has 0 aliphatic carbocycles. The number of piperidine rings is 1. The van der Waals surface area contributed by atoms with Gasteiger partial charge in [-0.15, -0.1) is 0 Å². The zero-order valence-corrected chi connectivity index (χ0v) is 11.3. The van der Waals surface area contributed by atoms with E-state index in [1.165, 1.54) is 19.4 Å². The van der Waals surface area contributed by atoms with Crippen molar-refractivity contribution in [3.05, 3.63) is 24.1 Å². The van der Waals surface area contributed by atoms with Crippen LogP contribution in [-0.2, 0) is 6.42 Å². The van der Waals surface area contributed by atoms with Crippen molar-refractivity contribution in [2.24, 2.45) is 5.92 Å². The summed E-state index contributed by atoms with van der Waals surface area (Å²) >= 11 is 0. The maximum Gasteiger partial charge on any atom is 0.195 e. The van der Waals surface area contributed by atoms with Gasteiger partial charge in [-0.1, -0.05) is 0 Å². The zero-order chi connectivity index (χ0) is 13.1. The normalized spacial score (nSPS) is 19.7. The Bertz CT molecular complexity index is 544. The molecule has 1 atom stereocenters. The van der Waals surface area contributed by atoms with Crippen LogP contribution in [0, 0.1) is 5.92 Å². The van der Waals surface area contributed by atoms with Gasteiger partial charge in [0, 0.05) is 12.5 Å². The molecular weight excluding hydrogens is 240 g/mol. The van der Waals surface area contributed by atoms with E-state index in [0.29, 0.717) is 0 Å². The zero-order valence-electron chi connectivity index (χ0n) is 11.3. The van der Waals surface area contributed by atoms with E-state index in [4.69, 9.17) is 9.15 Å². The number of hydrogen-bond acceptors (Lipinski definition) is 4. The molecule has 1 aliphatic heterocycles. The summed E-state index contributed by atoms with van der Waals surface area (Å²) < 4.78 is 11.0. The first kappa shape index (κ1) is 12.5. The molecule has 1 aromatic carbocycles. The van der Waals surface area contributed by atoms with Crippen LogP contribution >= 0.6 is 0 Å². The first-order valence-electron chi connectivity index (χ1n) is 6.99. The lowest BCUT2D eigenvalue weighted by Crippen LogP contribution is -2.29. The minimum absolute atomic E-state index is 0.762. The summed E-state index contributed by atoms with van der Waals surface area (Å²) in [6.07, 6.45) is 4.68. The predicted octanol–water partition coefficient (Wildman–Crippen LogP) is 2.77. The smallest absolute Gasteiger partial charge is 0.195 e. The second-order valence-corrected chi connectivity index (χ2v) is 5.19.